The first-order chi connectivity index (χ1) is 8.26. The summed E-state index contributed by atoms with van der Waals surface area (Å²) < 4.78 is 7.41. The number of aryl methyl sites for hydroxylation is 1. The van der Waals surface area contributed by atoms with Gasteiger partial charge in [0.1, 0.15) is 0 Å². The van der Waals surface area contributed by atoms with Gasteiger partial charge >= 0.3 is 0 Å². The van der Waals surface area contributed by atoms with E-state index >= 15 is 0 Å². The van der Waals surface area contributed by atoms with Gasteiger partial charge in [0.25, 0.3) is 0 Å². The lowest BCUT2D eigenvalue weighted by molar-refractivity contribution is 0.405. The zero-order valence-electron chi connectivity index (χ0n) is 10.7. The molecule has 0 spiro atoms. The SMILES string of the molecule is CCCn1ncc(OC)c1CCC(Cl)C1CC1. The molecule has 0 aliphatic heterocycles. The monoisotopic (exact) mass is 256 g/mol. The van der Waals surface area contributed by atoms with Crippen LogP contribution in [0.5, 0.6) is 5.75 Å². The third kappa shape index (κ3) is 3.15. The lowest BCUT2D eigenvalue weighted by Crippen LogP contribution is -2.09. The minimum absolute atomic E-state index is 0.324. The molecule has 0 bridgehead atoms. The molecule has 1 saturated carbocycles. The molecule has 0 aromatic carbocycles. The Balaban J connectivity index is 1.98. The van der Waals surface area contributed by atoms with E-state index in [0.29, 0.717) is 5.38 Å². The average molecular weight is 257 g/mol. The Morgan fingerprint density at radius 1 is 1.59 bits per heavy atom. The summed E-state index contributed by atoms with van der Waals surface area (Å²) in [7, 11) is 1.70. The Hall–Kier alpha value is -0.700. The maximum atomic E-state index is 6.35. The summed E-state index contributed by atoms with van der Waals surface area (Å²) in [6.07, 6.45) is 7.50. The first kappa shape index (κ1) is 12.7. The molecule has 4 heteroatoms. The number of hydrogen-bond acceptors (Lipinski definition) is 2. The quantitative estimate of drug-likeness (QED) is 0.701. The minimum Gasteiger partial charge on any atom is -0.493 e. The molecule has 1 aliphatic carbocycles. The highest BCUT2D eigenvalue weighted by molar-refractivity contribution is 6.20. The van der Waals surface area contributed by atoms with Crippen LogP contribution in [0.1, 0.15) is 38.3 Å². The van der Waals surface area contributed by atoms with Crippen LogP contribution in [-0.2, 0) is 13.0 Å². The number of nitrogens with zero attached hydrogens (tertiary/aromatic N) is 2. The van der Waals surface area contributed by atoms with E-state index in [9.17, 15) is 0 Å². The molecular weight excluding hydrogens is 236 g/mol. The van der Waals surface area contributed by atoms with E-state index in [0.717, 1.165) is 37.5 Å². The van der Waals surface area contributed by atoms with Crippen molar-refractivity contribution in [3.8, 4) is 5.75 Å². The maximum Gasteiger partial charge on any atom is 0.159 e. The molecule has 1 heterocycles. The van der Waals surface area contributed by atoms with Gasteiger partial charge in [-0.25, -0.2) is 0 Å². The molecule has 2 rings (SSSR count). The molecule has 96 valence electrons. The Labute approximate surface area is 108 Å². The first-order valence-electron chi connectivity index (χ1n) is 6.49. The van der Waals surface area contributed by atoms with Crippen LogP contribution in [-0.4, -0.2) is 22.3 Å². The molecule has 0 saturated heterocycles. The summed E-state index contributed by atoms with van der Waals surface area (Å²) in [5, 5.41) is 4.69. The molecule has 0 amide bonds. The van der Waals surface area contributed by atoms with Crippen molar-refractivity contribution in [3.63, 3.8) is 0 Å². The lowest BCUT2D eigenvalue weighted by atomic mass is 10.1. The maximum absolute atomic E-state index is 6.35. The Morgan fingerprint density at radius 2 is 2.35 bits per heavy atom. The summed E-state index contributed by atoms with van der Waals surface area (Å²) in [5.74, 6) is 1.66. The fourth-order valence-corrected chi connectivity index (χ4v) is 2.55. The van der Waals surface area contributed by atoms with Crippen molar-refractivity contribution in [1.82, 2.24) is 9.78 Å². The summed E-state index contributed by atoms with van der Waals surface area (Å²) in [6, 6.07) is 0. The number of hydrogen-bond donors (Lipinski definition) is 0. The van der Waals surface area contributed by atoms with Crippen LogP contribution >= 0.6 is 11.6 Å². The van der Waals surface area contributed by atoms with Gasteiger partial charge in [-0.15, -0.1) is 11.6 Å². The second kappa shape index (κ2) is 5.76. The van der Waals surface area contributed by atoms with Gasteiger partial charge in [-0.2, -0.15) is 5.10 Å². The zero-order valence-corrected chi connectivity index (χ0v) is 11.4. The predicted molar refractivity (Wildman–Crippen MR) is 69.8 cm³/mol. The standard InChI is InChI=1S/C13H21ClN2O/c1-3-8-16-12(13(17-2)9-15-16)7-6-11(14)10-4-5-10/h9-11H,3-8H2,1-2H3. The molecule has 1 atom stereocenters. The largest absolute Gasteiger partial charge is 0.493 e. The fraction of sp³-hybridized carbons (Fsp3) is 0.769. The van der Waals surface area contributed by atoms with E-state index in [1.54, 1.807) is 7.11 Å². The third-order valence-electron chi connectivity index (χ3n) is 3.36. The Morgan fingerprint density at radius 3 is 2.94 bits per heavy atom. The number of ether oxygens (including phenoxy) is 1. The van der Waals surface area contributed by atoms with Crippen LogP contribution < -0.4 is 4.74 Å². The van der Waals surface area contributed by atoms with Gasteiger partial charge in [0, 0.05) is 11.9 Å². The summed E-state index contributed by atoms with van der Waals surface area (Å²) in [6.45, 7) is 3.11. The molecule has 1 aliphatic rings. The number of alkyl halides is 1. The van der Waals surface area contributed by atoms with Crippen molar-refractivity contribution in [1.29, 1.82) is 0 Å². The van der Waals surface area contributed by atoms with Gasteiger partial charge in [0.15, 0.2) is 5.75 Å². The molecular formula is C13H21ClN2O. The van der Waals surface area contributed by atoms with Crippen molar-refractivity contribution in [2.24, 2.45) is 5.92 Å². The lowest BCUT2D eigenvalue weighted by Gasteiger charge is -2.11. The molecule has 1 aromatic heterocycles. The molecule has 1 fully saturated rings. The van der Waals surface area contributed by atoms with Gasteiger partial charge in [0.2, 0.25) is 0 Å². The predicted octanol–water partition coefficient (Wildman–Crippen LogP) is 3.25. The van der Waals surface area contributed by atoms with Crippen molar-refractivity contribution in [2.75, 3.05) is 7.11 Å². The highest BCUT2D eigenvalue weighted by Gasteiger charge is 2.29. The fourth-order valence-electron chi connectivity index (χ4n) is 2.19. The van der Waals surface area contributed by atoms with Gasteiger partial charge in [-0.05, 0) is 38.0 Å². The first-order valence-corrected chi connectivity index (χ1v) is 6.92. The summed E-state index contributed by atoms with van der Waals surface area (Å²) in [5.41, 5.74) is 1.20. The van der Waals surface area contributed by atoms with Crippen LogP contribution in [0.25, 0.3) is 0 Å². The van der Waals surface area contributed by atoms with Gasteiger partial charge in [-0.3, -0.25) is 4.68 Å². The molecule has 17 heavy (non-hydrogen) atoms. The normalized spacial score (nSPS) is 17.1. The number of rotatable bonds is 7. The van der Waals surface area contributed by atoms with Gasteiger partial charge in [-0.1, -0.05) is 6.92 Å². The second-order valence-corrected chi connectivity index (χ2v) is 5.34. The number of aromatic nitrogens is 2. The average Bonchev–Trinajstić information content (AvgIpc) is 3.10. The van der Waals surface area contributed by atoms with Crippen molar-refractivity contribution < 1.29 is 4.74 Å². The van der Waals surface area contributed by atoms with Crippen molar-refractivity contribution in [3.05, 3.63) is 11.9 Å². The van der Waals surface area contributed by atoms with E-state index in [2.05, 4.69) is 16.7 Å². The smallest absolute Gasteiger partial charge is 0.159 e. The van der Waals surface area contributed by atoms with E-state index < -0.39 is 0 Å². The Bertz CT molecular complexity index is 360. The molecule has 3 nitrogen and oxygen atoms in total. The van der Waals surface area contributed by atoms with Gasteiger partial charge < -0.3 is 4.74 Å². The molecule has 0 N–H and O–H groups in total. The summed E-state index contributed by atoms with van der Waals surface area (Å²) >= 11 is 6.35. The molecule has 0 radical (unpaired) electrons. The topological polar surface area (TPSA) is 27.1 Å². The van der Waals surface area contributed by atoms with Crippen LogP contribution in [0.3, 0.4) is 0 Å². The minimum atomic E-state index is 0.324. The van der Waals surface area contributed by atoms with Crippen LogP contribution in [0.15, 0.2) is 6.20 Å². The third-order valence-corrected chi connectivity index (χ3v) is 3.93. The van der Waals surface area contributed by atoms with Crippen molar-refractivity contribution in [2.45, 2.75) is 50.9 Å². The number of halogens is 1. The highest BCUT2D eigenvalue weighted by Crippen LogP contribution is 2.38. The van der Waals surface area contributed by atoms with Crippen molar-refractivity contribution >= 4 is 11.6 Å². The zero-order chi connectivity index (χ0) is 12.3. The van der Waals surface area contributed by atoms with E-state index in [1.165, 1.54) is 18.5 Å². The van der Waals surface area contributed by atoms with E-state index in [-0.39, 0.29) is 0 Å². The second-order valence-electron chi connectivity index (χ2n) is 4.77. The summed E-state index contributed by atoms with van der Waals surface area (Å²) in [4.78, 5) is 0. The molecule has 1 aromatic rings. The van der Waals surface area contributed by atoms with E-state index in [4.69, 9.17) is 16.3 Å². The van der Waals surface area contributed by atoms with Crippen LogP contribution in [0.4, 0.5) is 0 Å². The Kier molecular flexibility index (Phi) is 4.32. The van der Waals surface area contributed by atoms with E-state index in [1.807, 2.05) is 6.20 Å². The van der Waals surface area contributed by atoms with Crippen LogP contribution in [0.2, 0.25) is 0 Å². The number of methoxy groups -OCH3 is 1. The highest BCUT2D eigenvalue weighted by atomic mass is 35.5. The van der Waals surface area contributed by atoms with Crippen LogP contribution in [0, 0.1) is 5.92 Å². The van der Waals surface area contributed by atoms with Gasteiger partial charge in [0.05, 0.1) is 19.0 Å². The molecule has 1 unspecified atom stereocenters.